The van der Waals surface area contributed by atoms with E-state index in [4.69, 9.17) is 0 Å². The fraction of sp³-hybridized carbons (Fsp3) is 0.222. The number of benzene rings is 2. The Morgan fingerprint density at radius 2 is 1.87 bits per heavy atom. The van der Waals surface area contributed by atoms with Gasteiger partial charge in [-0.15, -0.1) is 0 Å². The lowest BCUT2D eigenvalue weighted by atomic mass is 9.79. The smallest absolute Gasteiger partial charge is 0.264 e. The number of aliphatic hydroxyl groups is 1. The van der Waals surface area contributed by atoms with Gasteiger partial charge in [0.25, 0.3) is 5.91 Å². The number of ketones is 1. The van der Waals surface area contributed by atoms with Gasteiger partial charge < -0.3 is 10.0 Å². The Morgan fingerprint density at radius 3 is 2.52 bits per heavy atom. The molecule has 0 saturated carbocycles. The molecule has 2 aromatic carbocycles. The van der Waals surface area contributed by atoms with Gasteiger partial charge >= 0.3 is 0 Å². The van der Waals surface area contributed by atoms with Crippen molar-refractivity contribution >= 4 is 33.3 Å². The summed E-state index contributed by atoms with van der Waals surface area (Å²) in [6.07, 6.45) is 0. The summed E-state index contributed by atoms with van der Waals surface area (Å²) in [5, 5.41) is 11.2. The first kappa shape index (κ1) is 15.9. The van der Waals surface area contributed by atoms with Crippen LogP contribution in [-0.4, -0.2) is 23.8 Å². The Kier molecular flexibility index (Phi) is 3.86. The van der Waals surface area contributed by atoms with Crippen LogP contribution in [0.2, 0.25) is 0 Å². The summed E-state index contributed by atoms with van der Waals surface area (Å²) in [5.74, 6) is -1.64. The summed E-state index contributed by atoms with van der Waals surface area (Å²) in [6, 6.07) is 14.0. The maximum absolute atomic E-state index is 12.7. The molecule has 1 amide bonds. The number of fused-ring (bicyclic) bond motifs is 1. The average molecular weight is 374 g/mol. The van der Waals surface area contributed by atoms with Gasteiger partial charge in [0.1, 0.15) is 0 Å². The Balaban J connectivity index is 2.10. The zero-order chi connectivity index (χ0) is 16.8. The molecular formula is C18H16BrNO3. The lowest BCUT2D eigenvalue weighted by Crippen LogP contribution is -2.46. The van der Waals surface area contributed by atoms with Crippen molar-refractivity contribution < 1.29 is 14.7 Å². The molecule has 4 nitrogen and oxygen atoms in total. The fourth-order valence-corrected chi connectivity index (χ4v) is 3.41. The first-order valence-electron chi connectivity index (χ1n) is 7.27. The molecule has 118 valence electrons. The molecule has 2 atom stereocenters. The van der Waals surface area contributed by atoms with Crippen LogP contribution in [0.5, 0.6) is 0 Å². The SMILES string of the molecule is C[C@H](C(=O)c1ccccc1)[C@@]1(O)C(=O)N(C)c2ccc(Br)cc21. The van der Waals surface area contributed by atoms with Crippen molar-refractivity contribution in [1.29, 1.82) is 0 Å². The Bertz CT molecular complexity index is 790. The lowest BCUT2D eigenvalue weighted by molar-refractivity contribution is -0.139. The summed E-state index contributed by atoms with van der Waals surface area (Å²) in [6.45, 7) is 1.59. The van der Waals surface area contributed by atoms with Crippen LogP contribution in [0.3, 0.4) is 0 Å². The van der Waals surface area contributed by atoms with Crippen molar-refractivity contribution in [1.82, 2.24) is 0 Å². The maximum Gasteiger partial charge on any atom is 0.264 e. The van der Waals surface area contributed by atoms with Gasteiger partial charge in [-0.3, -0.25) is 9.59 Å². The number of carbonyl (C=O) groups is 2. The molecule has 1 N–H and O–H groups in total. The number of hydrogen-bond donors (Lipinski definition) is 1. The van der Waals surface area contributed by atoms with Crippen molar-refractivity contribution in [2.75, 3.05) is 11.9 Å². The summed E-state index contributed by atoms with van der Waals surface area (Å²) in [4.78, 5) is 26.8. The number of Topliss-reactive ketones (excluding diaryl/α,β-unsaturated/α-hetero) is 1. The third-order valence-electron chi connectivity index (χ3n) is 4.44. The number of carbonyl (C=O) groups excluding carboxylic acids is 2. The van der Waals surface area contributed by atoms with Gasteiger partial charge in [0.05, 0.1) is 11.6 Å². The molecule has 0 unspecified atom stereocenters. The Morgan fingerprint density at radius 1 is 1.22 bits per heavy atom. The van der Waals surface area contributed by atoms with Gasteiger partial charge in [0.2, 0.25) is 0 Å². The minimum atomic E-state index is -1.86. The topological polar surface area (TPSA) is 57.6 Å². The summed E-state index contributed by atoms with van der Waals surface area (Å²) >= 11 is 3.36. The largest absolute Gasteiger partial charge is 0.375 e. The number of rotatable bonds is 3. The van der Waals surface area contributed by atoms with Gasteiger partial charge in [-0.2, -0.15) is 0 Å². The number of hydrogen-bond acceptors (Lipinski definition) is 3. The van der Waals surface area contributed by atoms with Crippen molar-refractivity contribution in [3.8, 4) is 0 Å². The minimum Gasteiger partial charge on any atom is -0.375 e. The van der Waals surface area contributed by atoms with E-state index in [1.807, 2.05) is 6.07 Å². The molecule has 0 bridgehead atoms. The van der Waals surface area contributed by atoms with Crippen LogP contribution in [0.15, 0.2) is 53.0 Å². The third kappa shape index (κ3) is 2.31. The van der Waals surface area contributed by atoms with Crippen molar-refractivity contribution in [2.45, 2.75) is 12.5 Å². The average Bonchev–Trinajstić information content (AvgIpc) is 2.76. The molecule has 1 aliphatic heterocycles. The zero-order valence-corrected chi connectivity index (χ0v) is 14.4. The highest BCUT2D eigenvalue weighted by atomic mass is 79.9. The van der Waals surface area contributed by atoms with Crippen LogP contribution in [0.1, 0.15) is 22.8 Å². The lowest BCUT2D eigenvalue weighted by Gasteiger charge is -2.28. The van der Waals surface area contributed by atoms with E-state index in [9.17, 15) is 14.7 Å². The third-order valence-corrected chi connectivity index (χ3v) is 4.93. The summed E-state index contributed by atoms with van der Waals surface area (Å²) in [5.41, 5.74) is -0.308. The molecule has 5 heteroatoms. The van der Waals surface area contributed by atoms with E-state index in [1.165, 1.54) is 4.90 Å². The highest BCUT2D eigenvalue weighted by Gasteiger charge is 2.54. The number of nitrogens with zero attached hydrogens (tertiary/aromatic N) is 1. The maximum atomic E-state index is 12.7. The number of amides is 1. The first-order valence-corrected chi connectivity index (χ1v) is 8.06. The number of halogens is 1. The monoisotopic (exact) mass is 373 g/mol. The highest BCUT2D eigenvalue weighted by molar-refractivity contribution is 9.10. The predicted octanol–water partition coefficient (Wildman–Crippen LogP) is 3.13. The van der Waals surface area contributed by atoms with Crippen LogP contribution >= 0.6 is 15.9 Å². The molecular weight excluding hydrogens is 358 g/mol. The second kappa shape index (κ2) is 5.58. The van der Waals surface area contributed by atoms with Crippen LogP contribution in [0, 0.1) is 5.92 Å². The van der Waals surface area contributed by atoms with Gasteiger partial charge in [-0.05, 0) is 18.2 Å². The van der Waals surface area contributed by atoms with E-state index in [1.54, 1.807) is 56.4 Å². The first-order chi connectivity index (χ1) is 10.9. The second-order valence-corrected chi connectivity index (χ2v) is 6.66. The highest BCUT2D eigenvalue weighted by Crippen LogP contribution is 2.45. The molecule has 0 saturated heterocycles. The van der Waals surface area contributed by atoms with Crippen molar-refractivity contribution in [3.05, 3.63) is 64.1 Å². The molecule has 0 aromatic heterocycles. The van der Waals surface area contributed by atoms with Crippen LogP contribution in [0.4, 0.5) is 5.69 Å². The van der Waals surface area contributed by atoms with E-state index in [2.05, 4.69) is 15.9 Å². The van der Waals surface area contributed by atoms with Crippen LogP contribution < -0.4 is 4.90 Å². The molecule has 0 aliphatic carbocycles. The zero-order valence-electron chi connectivity index (χ0n) is 12.8. The molecule has 0 spiro atoms. The molecule has 23 heavy (non-hydrogen) atoms. The molecule has 3 rings (SSSR count). The van der Waals surface area contributed by atoms with Crippen molar-refractivity contribution in [3.63, 3.8) is 0 Å². The fourth-order valence-electron chi connectivity index (χ4n) is 3.05. The standard InChI is InChI=1S/C18H16BrNO3/c1-11(16(21)12-6-4-3-5-7-12)18(23)14-10-13(19)8-9-15(14)20(2)17(18)22/h3-11,23H,1-2H3/t11-,18+/m1/s1. The van der Waals surface area contributed by atoms with Gasteiger partial charge in [0, 0.05) is 22.6 Å². The van der Waals surface area contributed by atoms with E-state index in [-0.39, 0.29) is 5.78 Å². The van der Waals surface area contributed by atoms with Gasteiger partial charge in [-0.25, -0.2) is 0 Å². The molecule has 2 aromatic rings. The molecule has 0 radical (unpaired) electrons. The van der Waals surface area contributed by atoms with Crippen molar-refractivity contribution in [2.24, 2.45) is 5.92 Å². The van der Waals surface area contributed by atoms with Gasteiger partial charge in [0.15, 0.2) is 11.4 Å². The second-order valence-electron chi connectivity index (χ2n) is 5.74. The normalized spacial score (nSPS) is 21.2. The van der Waals surface area contributed by atoms with Crippen LogP contribution in [0.25, 0.3) is 0 Å². The number of anilines is 1. The minimum absolute atomic E-state index is 0.261. The Hall–Kier alpha value is -1.98. The van der Waals surface area contributed by atoms with E-state index < -0.39 is 17.4 Å². The van der Waals surface area contributed by atoms with E-state index >= 15 is 0 Å². The predicted molar refractivity (Wildman–Crippen MR) is 91.4 cm³/mol. The molecule has 1 aliphatic rings. The van der Waals surface area contributed by atoms with Crippen LogP contribution in [-0.2, 0) is 10.4 Å². The molecule has 0 fully saturated rings. The number of likely N-dealkylation sites (N-methyl/N-ethyl adjacent to an activating group) is 1. The van der Waals surface area contributed by atoms with E-state index in [0.29, 0.717) is 16.8 Å². The quantitative estimate of drug-likeness (QED) is 0.840. The summed E-state index contributed by atoms with van der Waals surface area (Å²) in [7, 11) is 1.60. The van der Waals surface area contributed by atoms with E-state index in [0.717, 1.165) is 4.47 Å². The van der Waals surface area contributed by atoms with Gasteiger partial charge in [-0.1, -0.05) is 53.2 Å². The Labute approximate surface area is 142 Å². The summed E-state index contributed by atoms with van der Waals surface area (Å²) < 4.78 is 0.747. The molecule has 1 heterocycles.